The quantitative estimate of drug-likeness (QED) is 0.591. The number of carbonyl (C=O) groups is 1. The monoisotopic (exact) mass is 354 g/mol. The van der Waals surface area contributed by atoms with Crippen molar-refractivity contribution >= 4 is 15.9 Å². The molecule has 0 saturated heterocycles. The van der Waals surface area contributed by atoms with Gasteiger partial charge in [0.1, 0.15) is 0 Å². The van der Waals surface area contributed by atoms with E-state index in [1.807, 2.05) is 0 Å². The van der Waals surface area contributed by atoms with Gasteiger partial charge in [0.15, 0.2) is 0 Å². The minimum absolute atomic E-state index is 0.0134. The molecule has 1 aliphatic rings. The van der Waals surface area contributed by atoms with Crippen molar-refractivity contribution < 1.29 is 17.9 Å². The van der Waals surface area contributed by atoms with Crippen LogP contribution in [0.15, 0.2) is 29.2 Å². The zero-order valence-electron chi connectivity index (χ0n) is 14.1. The summed E-state index contributed by atoms with van der Waals surface area (Å²) in [6, 6.07) is 6.84. The zero-order chi connectivity index (χ0) is 17.4. The fraction of sp³-hybridized carbons (Fsp3) is 0.588. The molecule has 0 spiro atoms. The number of amides is 1. The molecular weight excluding hydrogens is 328 g/mol. The summed E-state index contributed by atoms with van der Waals surface area (Å²) in [5, 5.41) is 2.88. The molecule has 0 bridgehead atoms. The molecule has 1 fully saturated rings. The predicted octanol–water partition coefficient (Wildman–Crippen LogP) is 1.60. The maximum atomic E-state index is 12.1. The molecule has 1 aromatic carbocycles. The van der Waals surface area contributed by atoms with Crippen LogP contribution in [0.3, 0.4) is 0 Å². The van der Waals surface area contributed by atoms with Crippen LogP contribution in [-0.2, 0) is 26.0 Å². The van der Waals surface area contributed by atoms with Crippen LogP contribution in [-0.4, -0.2) is 40.6 Å². The van der Waals surface area contributed by atoms with Crippen LogP contribution in [0.25, 0.3) is 0 Å². The number of unbranched alkanes of at least 4 members (excludes halogenated alkanes) is 1. The lowest BCUT2D eigenvalue weighted by atomic mass is 10.1. The van der Waals surface area contributed by atoms with Gasteiger partial charge in [-0.1, -0.05) is 12.1 Å². The van der Waals surface area contributed by atoms with Gasteiger partial charge in [0.05, 0.1) is 4.90 Å². The number of nitrogens with one attached hydrogen (secondary N) is 2. The van der Waals surface area contributed by atoms with Crippen LogP contribution in [0.1, 0.15) is 37.7 Å². The van der Waals surface area contributed by atoms with Crippen LogP contribution in [0.4, 0.5) is 0 Å². The van der Waals surface area contributed by atoms with E-state index < -0.39 is 10.0 Å². The first-order chi connectivity index (χ1) is 11.5. The molecule has 1 amide bonds. The smallest absolute Gasteiger partial charge is 0.240 e. The molecule has 1 aliphatic carbocycles. The van der Waals surface area contributed by atoms with Crippen LogP contribution in [0.2, 0.25) is 0 Å². The first kappa shape index (κ1) is 18.9. The van der Waals surface area contributed by atoms with Gasteiger partial charge >= 0.3 is 0 Å². The van der Waals surface area contributed by atoms with Crippen molar-refractivity contribution in [2.75, 3.05) is 20.3 Å². The summed E-state index contributed by atoms with van der Waals surface area (Å²) in [7, 11) is -1.74. The van der Waals surface area contributed by atoms with Crippen molar-refractivity contribution in [3.8, 4) is 0 Å². The number of ether oxygens (including phenoxy) is 1. The molecule has 134 valence electrons. The molecule has 0 radical (unpaired) electrons. The number of carbonyl (C=O) groups excluding carboxylic acids is 1. The summed E-state index contributed by atoms with van der Waals surface area (Å²) in [5.41, 5.74) is 0.954. The summed E-state index contributed by atoms with van der Waals surface area (Å²) >= 11 is 0. The van der Waals surface area contributed by atoms with Gasteiger partial charge in [-0.3, -0.25) is 4.79 Å². The van der Waals surface area contributed by atoms with Crippen LogP contribution < -0.4 is 10.0 Å². The van der Waals surface area contributed by atoms with E-state index in [0.29, 0.717) is 26.0 Å². The second-order valence-corrected chi connectivity index (χ2v) is 7.80. The van der Waals surface area contributed by atoms with E-state index >= 15 is 0 Å². The molecule has 24 heavy (non-hydrogen) atoms. The third kappa shape index (κ3) is 6.59. The Kier molecular flexibility index (Phi) is 7.20. The summed E-state index contributed by atoms with van der Waals surface area (Å²) < 4.78 is 31.7. The second kappa shape index (κ2) is 9.15. The minimum Gasteiger partial charge on any atom is -0.385 e. The Bertz CT molecular complexity index is 624. The average molecular weight is 354 g/mol. The molecule has 7 heteroatoms. The van der Waals surface area contributed by atoms with Crippen molar-refractivity contribution in [1.29, 1.82) is 0 Å². The lowest BCUT2D eigenvalue weighted by Crippen LogP contribution is -2.25. The van der Waals surface area contributed by atoms with Gasteiger partial charge in [0, 0.05) is 32.7 Å². The Labute approximate surface area is 144 Å². The summed E-state index contributed by atoms with van der Waals surface area (Å²) in [6.45, 7) is 1.37. The fourth-order valence-corrected chi connectivity index (χ4v) is 3.57. The first-order valence-corrected chi connectivity index (χ1v) is 9.86. The maximum Gasteiger partial charge on any atom is 0.240 e. The molecule has 1 aromatic rings. The molecule has 0 unspecified atom stereocenters. The average Bonchev–Trinajstić information content (AvgIpc) is 3.36. The van der Waals surface area contributed by atoms with Gasteiger partial charge in [0.2, 0.25) is 15.9 Å². The highest BCUT2D eigenvalue weighted by Crippen LogP contribution is 2.22. The van der Waals surface area contributed by atoms with E-state index in [1.54, 1.807) is 31.4 Å². The molecule has 2 N–H and O–H groups in total. The third-order valence-corrected chi connectivity index (χ3v) is 5.41. The lowest BCUT2D eigenvalue weighted by molar-refractivity contribution is -0.121. The second-order valence-electron chi connectivity index (χ2n) is 6.09. The van der Waals surface area contributed by atoms with Crippen molar-refractivity contribution in [2.45, 2.75) is 49.5 Å². The van der Waals surface area contributed by atoms with Crippen molar-refractivity contribution in [3.63, 3.8) is 0 Å². The zero-order valence-corrected chi connectivity index (χ0v) is 14.9. The fourth-order valence-electron chi connectivity index (χ4n) is 2.27. The molecular formula is C17H26N2O4S. The van der Waals surface area contributed by atoms with Gasteiger partial charge in [0.25, 0.3) is 0 Å². The van der Waals surface area contributed by atoms with Gasteiger partial charge < -0.3 is 10.1 Å². The number of methoxy groups -OCH3 is 1. The van der Waals surface area contributed by atoms with Crippen molar-refractivity contribution in [3.05, 3.63) is 29.8 Å². The molecule has 2 rings (SSSR count). The molecule has 0 aliphatic heterocycles. The summed E-state index contributed by atoms with van der Waals surface area (Å²) in [5.74, 6) is 0.0134. The van der Waals surface area contributed by atoms with Crippen LogP contribution in [0.5, 0.6) is 0 Å². The summed E-state index contributed by atoms with van der Waals surface area (Å²) in [4.78, 5) is 12.0. The van der Waals surface area contributed by atoms with E-state index in [9.17, 15) is 13.2 Å². The molecule has 0 heterocycles. The highest BCUT2D eigenvalue weighted by atomic mass is 32.2. The van der Waals surface area contributed by atoms with E-state index in [4.69, 9.17) is 4.74 Å². The van der Waals surface area contributed by atoms with Gasteiger partial charge in [-0.2, -0.15) is 0 Å². The Hall–Kier alpha value is -1.44. The normalized spacial score (nSPS) is 14.5. The minimum atomic E-state index is -3.40. The Morgan fingerprint density at radius 2 is 1.92 bits per heavy atom. The molecule has 6 nitrogen and oxygen atoms in total. The van der Waals surface area contributed by atoms with Crippen molar-refractivity contribution in [1.82, 2.24) is 10.0 Å². The predicted molar refractivity (Wildman–Crippen MR) is 92.2 cm³/mol. The number of hydrogen-bond donors (Lipinski definition) is 2. The largest absolute Gasteiger partial charge is 0.385 e. The third-order valence-electron chi connectivity index (χ3n) is 3.87. The molecule has 0 aromatic heterocycles. The SMILES string of the molecule is COCCCCNC(=O)CCc1ccc(S(=O)(=O)NC2CC2)cc1. The summed E-state index contributed by atoms with van der Waals surface area (Å²) in [6.07, 6.45) is 4.66. The van der Waals surface area contributed by atoms with Crippen molar-refractivity contribution in [2.24, 2.45) is 0 Å². The Morgan fingerprint density at radius 1 is 1.21 bits per heavy atom. The Balaban J connectivity index is 1.72. The topological polar surface area (TPSA) is 84.5 Å². The molecule has 1 saturated carbocycles. The van der Waals surface area contributed by atoms with Gasteiger partial charge in [-0.05, 0) is 49.8 Å². The number of aryl methyl sites for hydroxylation is 1. The molecule has 0 atom stereocenters. The van der Waals surface area contributed by atoms with Gasteiger partial charge in [-0.25, -0.2) is 13.1 Å². The van der Waals surface area contributed by atoms with E-state index in [0.717, 1.165) is 31.2 Å². The Morgan fingerprint density at radius 3 is 2.54 bits per heavy atom. The number of hydrogen-bond acceptors (Lipinski definition) is 4. The first-order valence-electron chi connectivity index (χ1n) is 8.38. The van der Waals surface area contributed by atoms with Crippen LogP contribution in [0, 0.1) is 0 Å². The maximum absolute atomic E-state index is 12.1. The van der Waals surface area contributed by atoms with Gasteiger partial charge in [-0.15, -0.1) is 0 Å². The number of benzene rings is 1. The lowest BCUT2D eigenvalue weighted by Gasteiger charge is -2.07. The standard InChI is InChI=1S/C17H26N2O4S/c1-23-13-3-2-12-18-17(20)11-6-14-4-9-16(10-5-14)24(21,22)19-15-7-8-15/h4-5,9-10,15,19H,2-3,6-8,11-13H2,1H3,(H,18,20). The van der Waals surface area contributed by atoms with Crippen LogP contribution >= 0.6 is 0 Å². The highest BCUT2D eigenvalue weighted by Gasteiger charge is 2.27. The van der Waals surface area contributed by atoms with E-state index in [1.165, 1.54) is 0 Å². The number of rotatable bonds is 11. The van der Waals surface area contributed by atoms with E-state index in [-0.39, 0.29) is 16.8 Å². The number of sulfonamides is 1. The van der Waals surface area contributed by atoms with E-state index in [2.05, 4.69) is 10.0 Å². The highest BCUT2D eigenvalue weighted by molar-refractivity contribution is 7.89.